The highest BCUT2D eigenvalue weighted by Crippen LogP contribution is 2.33. The van der Waals surface area contributed by atoms with Gasteiger partial charge >= 0.3 is 0 Å². The Hall–Kier alpha value is -0.980. The molecule has 0 aromatic heterocycles. The summed E-state index contributed by atoms with van der Waals surface area (Å²) < 4.78 is 25.3. The number of hydrogen-bond donors (Lipinski definition) is 1. The van der Waals surface area contributed by atoms with Crippen LogP contribution in [-0.2, 0) is 14.8 Å². The molecule has 134 valence electrons. The lowest BCUT2D eigenvalue weighted by atomic mass is 9.89. The van der Waals surface area contributed by atoms with E-state index < -0.39 is 10.0 Å². The summed E-state index contributed by atoms with van der Waals surface area (Å²) in [6.45, 7) is 0.336. The van der Waals surface area contributed by atoms with Crippen molar-refractivity contribution in [1.82, 2.24) is 5.32 Å². The largest absolute Gasteiger partial charge is 0.354 e. The van der Waals surface area contributed by atoms with Crippen molar-refractivity contribution in [2.75, 3.05) is 23.7 Å². The van der Waals surface area contributed by atoms with Crippen LogP contribution in [0.2, 0.25) is 10.0 Å². The second-order valence-electron chi connectivity index (χ2n) is 6.03. The van der Waals surface area contributed by atoms with Crippen LogP contribution in [0.5, 0.6) is 0 Å². The maximum Gasteiger partial charge on any atom is 0.232 e. The van der Waals surface area contributed by atoms with Crippen LogP contribution in [-0.4, -0.2) is 33.7 Å². The van der Waals surface area contributed by atoms with E-state index in [1.54, 1.807) is 18.2 Å². The van der Waals surface area contributed by atoms with Crippen LogP contribution in [0.3, 0.4) is 0 Å². The van der Waals surface area contributed by atoms with Crippen molar-refractivity contribution >= 4 is 44.8 Å². The Morgan fingerprint density at radius 3 is 2.54 bits per heavy atom. The molecule has 5 nitrogen and oxygen atoms in total. The second kappa shape index (κ2) is 8.41. The Morgan fingerprint density at radius 1 is 1.25 bits per heavy atom. The van der Waals surface area contributed by atoms with Gasteiger partial charge in [0.05, 0.1) is 28.5 Å². The zero-order valence-corrected chi connectivity index (χ0v) is 15.9. The summed E-state index contributed by atoms with van der Waals surface area (Å²) in [4.78, 5) is 12.2. The first kappa shape index (κ1) is 19.3. The van der Waals surface area contributed by atoms with Crippen molar-refractivity contribution < 1.29 is 13.2 Å². The second-order valence-corrected chi connectivity index (χ2v) is 8.73. The van der Waals surface area contributed by atoms with Gasteiger partial charge in [0.25, 0.3) is 0 Å². The highest BCUT2D eigenvalue weighted by Gasteiger charge is 2.23. The molecule has 0 spiro atoms. The van der Waals surface area contributed by atoms with Crippen molar-refractivity contribution in [1.29, 1.82) is 0 Å². The molecule has 0 atom stereocenters. The normalized spacial score (nSPS) is 16.0. The molecule has 1 N–H and O–H groups in total. The zero-order valence-electron chi connectivity index (χ0n) is 13.6. The van der Waals surface area contributed by atoms with Crippen LogP contribution in [0, 0.1) is 5.92 Å². The van der Waals surface area contributed by atoms with Gasteiger partial charge in [0.15, 0.2) is 0 Å². The van der Waals surface area contributed by atoms with Gasteiger partial charge in [-0.1, -0.05) is 48.5 Å². The molecule has 24 heavy (non-hydrogen) atoms. The first-order valence-corrected chi connectivity index (χ1v) is 10.6. The molecule has 0 saturated heterocycles. The molecule has 2 rings (SSSR count). The number of carbonyl (C=O) groups is 1. The minimum atomic E-state index is -3.54. The maximum atomic E-state index is 12.2. The number of rotatable bonds is 6. The Balaban J connectivity index is 2.02. The molecular weight excluding hydrogens is 371 g/mol. The molecule has 0 heterocycles. The number of amides is 1. The van der Waals surface area contributed by atoms with Crippen LogP contribution in [0.1, 0.15) is 32.1 Å². The van der Waals surface area contributed by atoms with E-state index in [0.29, 0.717) is 5.69 Å². The number of nitrogens with one attached hydrogen (secondary N) is 1. The fourth-order valence-corrected chi connectivity index (χ4v) is 4.32. The van der Waals surface area contributed by atoms with Crippen molar-refractivity contribution in [3.05, 3.63) is 28.2 Å². The summed E-state index contributed by atoms with van der Waals surface area (Å²) in [6, 6.07) is 4.83. The summed E-state index contributed by atoms with van der Waals surface area (Å²) in [7, 11) is -3.54. The van der Waals surface area contributed by atoms with Crippen LogP contribution in [0.25, 0.3) is 0 Å². The molecule has 1 aromatic rings. The van der Waals surface area contributed by atoms with Crippen LogP contribution in [0.15, 0.2) is 18.2 Å². The molecule has 0 bridgehead atoms. The highest BCUT2D eigenvalue weighted by atomic mass is 35.5. The van der Waals surface area contributed by atoms with E-state index in [1.807, 2.05) is 0 Å². The predicted molar refractivity (Wildman–Crippen MR) is 98.2 cm³/mol. The van der Waals surface area contributed by atoms with Crippen molar-refractivity contribution in [2.24, 2.45) is 5.92 Å². The fraction of sp³-hybridized carbons (Fsp3) is 0.562. The Morgan fingerprint density at radius 2 is 1.92 bits per heavy atom. The molecule has 0 radical (unpaired) electrons. The SMILES string of the molecule is CS(=O)(=O)N(CCNC(=O)C1CCCCC1)c1cccc(Cl)c1Cl. The molecule has 1 saturated carbocycles. The van der Waals surface area contributed by atoms with Gasteiger partial charge in [0.2, 0.25) is 15.9 Å². The number of nitrogens with zero attached hydrogens (tertiary/aromatic N) is 1. The molecule has 8 heteroatoms. The van der Waals surface area contributed by atoms with E-state index in [4.69, 9.17) is 23.2 Å². The van der Waals surface area contributed by atoms with Crippen molar-refractivity contribution in [3.63, 3.8) is 0 Å². The summed E-state index contributed by atoms with van der Waals surface area (Å²) in [5.41, 5.74) is 0.318. The standard InChI is InChI=1S/C16H22Cl2N2O3S/c1-24(22,23)20(14-9-5-8-13(17)15(14)18)11-10-19-16(21)12-6-3-2-4-7-12/h5,8-9,12H,2-4,6-7,10-11H2,1H3,(H,19,21). The minimum absolute atomic E-state index is 0.000317. The third kappa shape index (κ3) is 5.01. The average molecular weight is 393 g/mol. The fourth-order valence-electron chi connectivity index (χ4n) is 2.94. The molecular formula is C16H22Cl2N2O3S. The van der Waals surface area contributed by atoms with Gasteiger partial charge in [-0.25, -0.2) is 8.42 Å². The number of carbonyl (C=O) groups excluding carboxylic acids is 1. The molecule has 1 amide bonds. The Kier molecular flexibility index (Phi) is 6.78. The highest BCUT2D eigenvalue weighted by molar-refractivity contribution is 7.92. The number of anilines is 1. The van der Waals surface area contributed by atoms with Gasteiger partial charge in [-0.3, -0.25) is 9.10 Å². The maximum absolute atomic E-state index is 12.2. The molecule has 1 fully saturated rings. The molecule has 1 aliphatic carbocycles. The van der Waals surface area contributed by atoms with Gasteiger partial charge in [-0.15, -0.1) is 0 Å². The van der Waals surface area contributed by atoms with E-state index in [-0.39, 0.29) is 35.0 Å². The van der Waals surface area contributed by atoms with Gasteiger partial charge in [0, 0.05) is 12.5 Å². The van der Waals surface area contributed by atoms with Crippen molar-refractivity contribution in [2.45, 2.75) is 32.1 Å². The van der Waals surface area contributed by atoms with Crippen molar-refractivity contribution in [3.8, 4) is 0 Å². The van der Waals surface area contributed by atoms with Gasteiger partial charge in [0.1, 0.15) is 0 Å². The lowest BCUT2D eigenvalue weighted by molar-refractivity contribution is -0.125. The summed E-state index contributed by atoms with van der Waals surface area (Å²) in [6.07, 6.45) is 6.24. The van der Waals surface area contributed by atoms with Gasteiger partial charge < -0.3 is 5.32 Å². The number of benzene rings is 1. The monoisotopic (exact) mass is 392 g/mol. The molecule has 1 aromatic carbocycles. The van der Waals surface area contributed by atoms with Crippen LogP contribution >= 0.6 is 23.2 Å². The number of hydrogen-bond acceptors (Lipinski definition) is 3. The number of sulfonamides is 1. The summed E-state index contributed by atoms with van der Waals surface area (Å²) in [5.74, 6) is 0.0422. The summed E-state index contributed by atoms with van der Waals surface area (Å²) >= 11 is 12.1. The van der Waals surface area contributed by atoms with E-state index in [1.165, 1.54) is 10.7 Å². The first-order valence-electron chi connectivity index (χ1n) is 8.00. The Bertz CT molecular complexity index is 689. The topological polar surface area (TPSA) is 66.5 Å². The predicted octanol–water partition coefficient (Wildman–Crippen LogP) is 3.46. The number of halogens is 2. The van der Waals surface area contributed by atoms with Gasteiger partial charge in [-0.2, -0.15) is 0 Å². The first-order chi connectivity index (χ1) is 11.3. The van der Waals surface area contributed by atoms with E-state index >= 15 is 0 Å². The molecule has 0 aliphatic heterocycles. The van der Waals surface area contributed by atoms with E-state index in [2.05, 4.69) is 5.32 Å². The average Bonchev–Trinajstić information content (AvgIpc) is 2.54. The summed E-state index contributed by atoms with van der Waals surface area (Å²) in [5, 5.41) is 3.31. The minimum Gasteiger partial charge on any atom is -0.354 e. The van der Waals surface area contributed by atoms with Crippen LogP contribution in [0.4, 0.5) is 5.69 Å². The Labute approximate surface area is 153 Å². The molecule has 0 unspecified atom stereocenters. The van der Waals surface area contributed by atoms with Crippen LogP contribution < -0.4 is 9.62 Å². The third-order valence-electron chi connectivity index (χ3n) is 4.19. The van der Waals surface area contributed by atoms with E-state index in [9.17, 15) is 13.2 Å². The lowest BCUT2D eigenvalue weighted by Crippen LogP contribution is -2.40. The lowest BCUT2D eigenvalue weighted by Gasteiger charge is -2.25. The van der Waals surface area contributed by atoms with Gasteiger partial charge in [-0.05, 0) is 25.0 Å². The molecule has 1 aliphatic rings. The van der Waals surface area contributed by atoms with E-state index in [0.717, 1.165) is 31.9 Å². The quantitative estimate of drug-likeness (QED) is 0.805. The smallest absolute Gasteiger partial charge is 0.232 e. The zero-order chi connectivity index (χ0) is 17.7. The third-order valence-corrected chi connectivity index (χ3v) is 6.18.